The van der Waals surface area contributed by atoms with Crippen molar-refractivity contribution in [3.63, 3.8) is 0 Å². The summed E-state index contributed by atoms with van der Waals surface area (Å²) in [4.78, 5) is 11.0. The van der Waals surface area contributed by atoms with Crippen LogP contribution in [0.5, 0.6) is 0 Å². The molecule has 0 saturated carbocycles. The van der Waals surface area contributed by atoms with Gasteiger partial charge in [0.1, 0.15) is 0 Å². The van der Waals surface area contributed by atoms with Crippen LogP contribution in [0, 0.1) is 5.41 Å². The van der Waals surface area contributed by atoms with Gasteiger partial charge in [0.2, 0.25) is 5.95 Å². The first-order chi connectivity index (χ1) is 7.61. The molecule has 1 fully saturated rings. The van der Waals surface area contributed by atoms with Crippen LogP contribution in [-0.4, -0.2) is 23.1 Å². The lowest BCUT2D eigenvalue weighted by molar-refractivity contribution is 0.278. The molecule has 4 nitrogen and oxygen atoms in total. The standard InChI is InChI=1S/C12H20N4/c1-12(2)4-7-16(8-5-12)11-14-6-3-10(9-13)15-11/h3,6H,4-5,7-9,13H2,1-2H3. The summed E-state index contributed by atoms with van der Waals surface area (Å²) in [6.07, 6.45) is 4.19. The van der Waals surface area contributed by atoms with E-state index < -0.39 is 0 Å². The molecular weight excluding hydrogens is 200 g/mol. The van der Waals surface area contributed by atoms with E-state index in [9.17, 15) is 0 Å². The Morgan fingerprint density at radius 3 is 2.69 bits per heavy atom. The second-order valence-corrected chi connectivity index (χ2v) is 5.20. The van der Waals surface area contributed by atoms with E-state index in [1.165, 1.54) is 12.8 Å². The number of nitrogens with zero attached hydrogens (tertiary/aromatic N) is 3. The van der Waals surface area contributed by atoms with E-state index in [1.54, 1.807) is 6.20 Å². The predicted octanol–water partition coefficient (Wildman–Crippen LogP) is 1.56. The van der Waals surface area contributed by atoms with Crippen LogP contribution in [0.3, 0.4) is 0 Å². The number of nitrogens with two attached hydrogens (primary N) is 1. The number of rotatable bonds is 2. The minimum absolute atomic E-state index is 0.460. The van der Waals surface area contributed by atoms with E-state index in [-0.39, 0.29) is 0 Å². The Kier molecular flexibility index (Phi) is 3.10. The van der Waals surface area contributed by atoms with Gasteiger partial charge in [-0.25, -0.2) is 9.97 Å². The average Bonchev–Trinajstić information content (AvgIpc) is 2.29. The van der Waals surface area contributed by atoms with Gasteiger partial charge in [-0.1, -0.05) is 13.8 Å². The number of piperidine rings is 1. The maximum absolute atomic E-state index is 5.58. The summed E-state index contributed by atoms with van der Waals surface area (Å²) in [5, 5.41) is 0. The zero-order valence-electron chi connectivity index (χ0n) is 10.1. The van der Waals surface area contributed by atoms with Gasteiger partial charge >= 0.3 is 0 Å². The highest BCUT2D eigenvalue weighted by Gasteiger charge is 2.26. The van der Waals surface area contributed by atoms with Crippen LogP contribution >= 0.6 is 0 Å². The first-order valence-electron chi connectivity index (χ1n) is 5.88. The van der Waals surface area contributed by atoms with E-state index >= 15 is 0 Å². The molecular formula is C12H20N4. The highest BCUT2D eigenvalue weighted by molar-refractivity contribution is 5.31. The average molecular weight is 220 g/mol. The molecule has 88 valence electrons. The van der Waals surface area contributed by atoms with Crippen molar-refractivity contribution in [1.82, 2.24) is 9.97 Å². The zero-order chi connectivity index (χ0) is 11.6. The van der Waals surface area contributed by atoms with E-state index in [0.717, 1.165) is 24.7 Å². The summed E-state index contributed by atoms with van der Waals surface area (Å²) >= 11 is 0. The first kappa shape index (κ1) is 11.3. The van der Waals surface area contributed by atoms with E-state index in [1.807, 2.05) is 6.07 Å². The molecule has 0 amide bonds. The maximum atomic E-state index is 5.58. The Morgan fingerprint density at radius 2 is 2.06 bits per heavy atom. The number of hydrogen-bond acceptors (Lipinski definition) is 4. The second-order valence-electron chi connectivity index (χ2n) is 5.20. The van der Waals surface area contributed by atoms with Crippen LogP contribution in [0.15, 0.2) is 12.3 Å². The first-order valence-corrected chi connectivity index (χ1v) is 5.88. The molecule has 0 aliphatic carbocycles. The van der Waals surface area contributed by atoms with Gasteiger partial charge in [-0.3, -0.25) is 0 Å². The summed E-state index contributed by atoms with van der Waals surface area (Å²) in [6.45, 7) is 7.21. The van der Waals surface area contributed by atoms with Crippen molar-refractivity contribution in [2.45, 2.75) is 33.2 Å². The maximum Gasteiger partial charge on any atom is 0.225 e. The summed E-state index contributed by atoms with van der Waals surface area (Å²) in [6, 6.07) is 1.87. The summed E-state index contributed by atoms with van der Waals surface area (Å²) in [7, 11) is 0. The molecule has 2 N–H and O–H groups in total. The minimum Gasteiger partial charge on any atom is -0.341 e. The Hall–Kier alpha value is -1.16. The van der Waals surface area contributed by atoms with Crippen LogP contribution in [0.25, 0.3) is 0 Å². The van der Waals surface area contributed by atoms with Gasteiger partial charge in [0, 0.05) is 25.8 Å². The summed E-state index contributed by atoms with van der Waals surface area (Å²) in [5.41, 5.74) is 6.95. The van der Waals surface area contributed by atoms with Crippen molar-refractivity contribution in [3.8, 4) is 0 Å². The highest BCUT2D eigenvalue weighted by atomic mass is 15.3. The van der Waals surface area contributed by atoms with Crippen LogP contribution in [0.2, 0.25) is 0 Å². The fourth-order valence-corrected chi connectivity index (χ4v) is 1.96. The minimum atomic E-state index is 0.460. The lowest BCUT2D eigenvalue weighted by Crippen LogP contribution is -2.38. The molecule has 1 aromatic rings. The van der Waals surface area contributed by atoms with Crippen LogP contribution < -0.4 is 10.6 Å². The molecule has 0 bridgehead atoms. The molecule has 1 saturated heterocycles. The van der Waals surface area contributed by atoms with Crippen LogP contribution in [0.4, 0.5) is 5.95 Å². The van der Waals surface area contributed by atoms with Crippen molar-refractivity contribution < 1.29 is 0 Å². The van der Waals surface area contributed by atoms with Crippen molar-refractivity contribution in [1.29, 1.82) is 0 Å². The smallest absolute Gasteiger partial charge is 0.225 e. The third-order valence-corrected chi connectivity index (χ3v) is 3.31. The van der Waals surface area contributed by atoms with E-state index in [4.69, 9.17) is 5.73 Å². The Labute approximate surface area is 96.9 Å². The number of anilines is 1. The van der Waals surface area contributed by atoms with Gasteiger partial charge in [-0.15, -0.1) is 0 Å². The van der Waals surface area contributed by atoms with Crippen LogP contribution in [-0.2, 0) is 6.54 Å². The Morgan fingerprint density at radius 1 is 1.38 bits per heavy atom. The van der Waals surface area contributed by atoms with Gasteiger partial charge in [0.25, 0.3) is 0 Å². The van der Waals surface area contributed by atoms with Crippen LogP contribution in [0.1, 0.15) is 32.4 Å². The molecule has 0 atom stereocenters. The molecule has 4 heteroatoms. The normalized spacial score (nSPS) is 19.8. The molecule has 0 unspecified atom stereocenters. The largest absolute Gasteiger partial charge is 0.341 e. The Bertz CT molecular complexity index is 352. The van der Waals surface area contributed by atoms with Crippen molar-refractivity contribution >= 4 is 5.95 Å². The van der Waals surface area contributed by atoms with Gasteiger partial charge in [-0.2, -0.15) is 0 Å². The van der Waals surface area contributed by atoms with Crippen molar-refractivity contribution in [3.05, 3.63) is 18.0 Å². The van der Waals surface area contributed by atoms with E-state index in [2.05, 4.69) is 28.7 Å². The molecule has 0 spiro atoms. The summed E-state index contributed by atoms with van der Waals surface area (Å²) < 4.78 is 0. The fraction of sp³-hybridized carbons (Fsp3) is 0.667. The SMILES string of the molecule is CC1(C)CCN(c2nccc(CN)n2)CC1. The quantitative estimate of drug-likeness (QED) is 0.822. The number of hydrogen-bond donors (Lipinski definition) is 1. The van der Waals surface area contributed by atoms with Gasteiger partial charge in [-0.05, 0) is 24.3 Å². The molecule has 0 radical (unpaired) electrons. The molecule has 2 rings (SSSR count). The fourth-order valence-electron chi connectivity index (χ4n) is 1.96. The van der Waals surface area contributed by atoms with Crippen molar-refractivity contribution in [2.24, 2.45) is 11.1 Å². The molecule has 0 aromatic carbocycles. The topological polar surface area (TPSA) is 55.0 Å². The monoisotopic (exact) mass is 220 g/mol. The number of aromatic nitrogens is 2. The third kappa shape index (κ3) is 2.50. The van der Waals surface area contributed by atoms with E-state index in [0.29, 0.717) is 12.0 Å². The summed E-state index contributed by atoms with van der Waals surface area (Å²) in [5.74, 6) is 0.832. The zero-order valence-corrected chi connectivity index (χ0v) is 10.1. The van der Waals surface area contributed by atoms with Gasteiger partial charge < -0.3 is 10.6 Å². The molecule has 1 aliphatic heterocycles. The lowest BCUT2D eigenvalue weighted by atomic mass is 9.83. The lowest BCUT2D eigenvalue weighted by Gasteiger charge is -2.36. The molecule has 2 heterocycles. The second kappa shape index (κ2) is 4.37. The predicted molar refractivity (Wildman–Crippen MR) is 65.2 cm³/mol. The van der Waals surface area contributed by atoms with Gasteiger partial charge in [0.15, 0.2) is 0 Å². The molecule has 1 aromatic heterocycles. The Balaban J connectivity index is 2.08. The van der Waals surface area contributed by atoms with Crippen molar-refractivity contribution in [2.75, 3.05) is 18.0 Å². The highest BCUT2D eigenvalue weighted by Crippen LogP contribution is 2.30. The van der Waals surface area contributed by atoms with Gasteiger partial charge in [0.05, 0.1) is 5.69 Å². The molecule has 16 heavy (non-hydrogen) atoms. The molecule has 1 aliphatic rings. The third-order valence-electron chi connectivity index (χ3n) is 3.31.